The summed E-state index contributed by atoms with van der Waals surface area (Å²) in [6.45, 7) is 1.98. The monoisotopic (exact) mass is 259 g/mol. The van der Waals surface area contributed by atoms with Crippen molar-refractivity contribution in [3.05, 3.63) is 29.6 Å². The number of thioether (sulfide) groups is 1. The number of anilines is 1. The summed E-state index contributed by atoms with van der Waals surface area (Å²) < 4.78 is 13.6. The van der Waals surface area contributed by atoms with Crippen LogP contribution < -0.4 is 4.90 Å². The molecule has 0 saturated carbocycles. The molecule has 1 aromatic carbocycles. The SMILES string of the molecule is Fc1cccc(N2CCCSCC2)c1CCl. The molecule has 0 amide bonds. The van der Waals surface area contributed by atoms with Crippen LogP contribution in [0.25, 0.3) is 0 Å². The summed E-state index contributed by atoms with van der Waals surface area (Å²) in [5.41, 5.74) is 1.61. The Hall–Kier alpha value is -0.410. The lowest BCUT2D eigenvalue weighted by Gasteiger charge is -2.24. The molecule has 0 unspecified atom stereocenters. The molecule has 1 heterocycles. The fourth-order valence-corrected chi connectivity index (χ4v) is 3.11. The first-order valence-electron chi connectivity index (χ1n) is 5.49. The molecule has 0 atom stereocenters. The van der Waals surface area contributed by atoms with Crippen molar-refractivity contribution < 1.29 is 4.39 Å². The van der Waals surface area contributed by atoms with Crippen molar-refractivity contribution in [2.75, 3.05) is 29.5 Å². The van der Waals surface area contributed by atoms with Gasteiger partial charge in [0.2, 0.25) is 0 Å². The van der Waals surface area contributed by atoms with Gasteiger partial charge in [-0.25, -0.2) is 4.39 Å². The second-order valence-corrected chi connectivity index (χ2v) is 5.32. The number of rotatable bonds is 2. The van der Waals surface area contributed by atoms with Gasteiger partial charge in [-0.05, 0) is 24.3 Å². The number of alkyl halides is 1. The zero-order chi connectivity index (χ0) is 11.4. The summed E-state index contributed by atoms with van der Waals surface area (Å²) in [4.78, 5) is 2.25. The number of hydrogen-bond donors (Lipinski definition) is 0. The third-order valence-corrected chi connectivity index (χ3v) is 4.11. The lowest BCUT2D eigenvalue weighted by Crippen LogP contribution is -2.26. The lowest BCUT2D eigenvalue weighted by molar-refractivity contribution is 0.615. The molecule has 0 radical (unpaired) electrons. The minimum Gasteiger partial charge on any atom is -0.370 e. The average Bonchev–Trinajstić information content (AvgIpc) is 2.57. The Morgan fingerprint density at radius 1 is 1.31 bits per heavy atom. The molecule has 0 aromatic heterocycles. The fraction of sp³-hybridized carbons (Fsp3) is 0.500. The molecule has 88 valence electrons. The summed E-state index contributed by atoms with van der Waals surface area (Å²) in [7, 11) is 0. The van der Waals surface area contributed by atoms with Crippen LogP contribution in [-0.2, 0) is 5.88 Å². The van der Waals surface area contributed by atoms with Crippen molar-refractivity contribution in [1.29, 1.82) is 0 Å². The van der Waals surface area contributed by atoms with Crippen LogP contribution in [0, 0.1) is 5.82 Å². The minimum atomic E-state index is -0.190. The number of hydrogen-bond acceptors (Lipinski definition) is 2. The van der Waals surface area contributed by atoms with Gasteiger partial charge in [0.05, 0.1) is 5.88 Å². The van der Waals surface area contributed by atoms with Crippen molar-refractivity contribution >= 4 is 29.1 Å². The second kappa shape index (κ2) is 5.78. The van der Waals surface area contributed by atoms with Gasteiger partial charge in [-0.15, -0.1) is 11.6 Å². The van der Waals surface area contributed by atoms with E-state index in [2.05, 4.69) is 4.90 Å². The van der Waals surface area contributed by atoms with E-state index in [1.165, 1.54) is 11.8 Å². The molecule has 0 aliphatic carbocycles. The van der Waals surface area contributed by atoms with Gasteiger partial charge >= 0.3 is 0 Å². The van der Waals surface area contributed by atoms with E-state index < -0.39 is 0 Å². The van der Waals surface area contributed by atoms with Gasteiger partial charge < -0.3 is 4.90 Å². The quantitative estimate of drug-likeness (QED) is 0.748. The Kier molecular flexibility index (Phi) is 4.36. The molecule has 1 aromatic rings. The molecule has 0 spiro atoms. The smallest absolute Gasteiger partial charge is 0.129 e. The maximum absolute atomic E-state index is 13.6. The molecular formula is C12H15ClFNS. The fourth-order valence-electron chi connectivity index (χ4n) is 1.96. The van der Waals surface area contributed by atoms with Crippen molar-refractivity contribution in [2.24, 2.45) is 0 Å². The van der Waals surface area contributed by atoms with Crippen molar-refractivity contribution in [2.45, 2.75) is 12.3 Å². The maximum Gasteiger partial charge on any atom is 0.129 e. The van der Waals surface area contributed by atoms with E-state index >= 15 is 0 Å². The molecule has 1 saturated heterocycles. The summed E-state index contributed by atoms with van der Waals surface area (Å²) >= 11 is 7.79. The second-order valence-electron chi connectivity index (χ2n) is 3.82. The highest BCUT2D eigenvalue weighted by molar-refractivity contribution is 7.99. The van der Waals surface area contributed by atoms with Crippen molar-refractivity contribution in [3.63, 3.8) is 0 Å². The van der Waals surface area contributed by atoms with Crippen LogP contribution in [0.5, 0.6) is 0 Å². The minimum absolute atomic E-state index is 0.190. The predicted molar refractivity (Wildman–Crippen MR) is 70.1 cm³/mol. The van der Waals surface area contributed by atoms with Crippen LogP contribution in [0.1, 0.15) is 12.0 Å². The molecular weight excluding hydrogens is 245 g/mol. The largest absolute Gasteiger partial charge is 0.370 e. The zero-order valence-corrected chi connectivity index (χ0v) is 10.7. The van der Waals surface area contributed by atoms with E-state index in [-0.39, 0.29) is 11.7 Å². The zero-order valence-electron chi connectivity index (χ0n) is 9.09. The first-order valence-corrected chi connectivity index (χ1v) is 7.18. The standard InChI is InChI=1S/C12H15ClFNS/c13-9-10-11(14)3-1-4-12(10)15-5-2-7-16-8-6-15/h1,3-4H,2,5-9H2. The number of nitrogens with zero attached hydrogens (tertiary/aromatic N) is 1. The van der Waals surface area contributed by atoms with Gasteiger partial charge in [0.15, 0.2) is 0 Å². The van der Waals surface area contributed by atoms with Gasteiger partial charge in [-0.3, -0.25) is 0 Å². The molecule has 1 fully saturated rings. The van der Waals surface area contributed by atoms with E-state index in [0.717, 1.165) is 31.0 Å². The topological polar surface area (TPSA) is 3.24 Å². The van der Waals surface area contributed by atoms with Crippen LogP contribution in [0.15, 0.2) is 18.2 Å². The van der Waals surface area contributed by atoms with Crippen LogP contribution in [0.4, 0.5) is 10.1 Å². The van der Waals surface area contributed by atoms with Crippen LogP contribution in [0.2, 0.25) is 0 Å². The first-order chi connectivity index (χ1) is 7.83. The Labute approximate surface area is 105 Å². The Bertz CT molecular complexity index is 351. The van der Waals surface area contributed by atoms with Gasteiger partial charge in [0.1, 0.15) is 5.82 Å². The number of halogens is 2. The molecule has 1 nitrogen and oxygen atoms in total. The average molecular weight is 260 g/mol. The highest BCUT2D eigenvalue weighted by Crippen LogP contribution is 2.26. The molecule has 16 heavy (non-hydrogen) atoms. The Morgan fingerprint density at radius 3 is 3.00 bits per heavy atom. The van der Waals surface area contributed by atoms with Crippen molar-refractivity contribution in [1.82, 2.24) is 0 Å². The van der Waals surface area contributed by atoms with Gasteiger partial charge in [0, 0.05) is 30.1 Å². The van der Waals surface area contributed by atoms with E-state index in [9.17, 15) is 4.39 Å². The van der Waals surface area contributed by atoms with Crippen LogP contribution in [-0.4, -0.2) is 24.6 Å². The number of benzene rings is 1. The van der Waals surface area contributed by atoms with E-state index in [1.54, 1.807) is 6.07 Å². The molecule has 4 heteroatoms. The molecule has 0 N–H and O–H groups in total. The third kappa shape index (κ3) is 2.64. The van der Waals surface area contributed by atoms with Crippen molar-refractivity contribution in [3.8, 4) is 0 Å². The molecule has 1 aliphatic rings. The molecule has 1 aliphatic heterocycles. The van der Waals surface area contributed by atoms with Gasteiger partial charge in [0.25, 0.3) is 0 Å². The molecule has 2 rings (SSSR count). The normalized spacial score (nSPS) is 17.2. The lowest BCUT2D eigenvalue weighted by atomic mass is 10.1. The maximum atomic E-state index is 13.6. The Morgan fingerprint density at radius 2 is 2.19 bits per heavy atom. The van der Waals surface area contributed by atoms with E-state index in [4.69, 9.17) is 11.6 Å². The summed E-state index contributed by atoms with van der Waals surface area (Å²) in [6, 6.07) is 5.21. The summed E-state index contributed by atoms with van der Waals surface area (Å²) in [5, 5.41) is 0. The molecule has 0 bridgehead atoms. The summed E-state index contributed by atoms with van der Waals surface area (Å²) in [6.07, 6.45) is 1.16. The van der Waals surface area contributed by atoms with Crippen LogP contribution in [0.3, 0.4) is 0 Å². The highest BCUT2D eigenvalue weighted by Gasteiger charge is 2.15. The third-order valence-electron chi connectivity index (χ3n) is 2.79. The van der Waals surface area contributed by atoms with Gasteiger partial charge in [-0.1, -0.05) is 6.07 Å². The highest BCUT2D eigenvalue weighted by atomic mass is 35.5. The Balaban J connectivity index is 2.27. The predicted octanol–water partition coefficient (Wildman–Crippen LogP) is 3.51. The summed E-state index contributed by atoms with van der Waals surface area (Å²) in [5.74, 6) is 2.36. The van der Waals surface area contributed by atoms with E-state index in [0.29, 0.717) is 5.56 Å². The van der Waals surface area contributed by atoms with Gasteiger partial charge in [-0.2, -0.15) is 11.8 Å². The van der Waals surface area contributed by atoms with Crippen LogP contribution >= 0.6 is 23.4 Å². The van der Waals surface area contributed by atoms with E-state index in [1.807, 2.05) is 17.8 Å². The first kappa shape index (κ1) is 12.1.